The molecule has 3 rings (SSSR count). The highest BCUT2D eigenvalue weighted by Gasteiger charge is 2.74. The molecule has 0 atom stereocenters. The van der Waals surface area contributed by atoms with E-state index < -0.39 is 19.4 Å². The molecule has 0 N–H and O–H groups in total. The van der Waals surface area contributed by atoms with E-state index in [1.165, 1.54) is 0 Å². The second-order valence-electron chi connectivity index (χ2n) is 5.28. The second kappa shape index (κ2) is 3.14. The van der Waals surface area contributed by atoms with Crippen LogP contribution < -0.4 is 9.05 Å². The van der Waals surface area contributed by atoms with Crippen molar-refractivity contribution in [2.75, 3.05) is 0 Å². The van der Waals surface area contributed by atoms with Gasteiger partial charge in [0.15, 0.2) is 11.2 Å². The minimum Gasteiger partial charge on any atom is -0.250 e. The number of hydrogen-bond acceptors (Lipinski definition) is 4. The Hall–Kier alpha value is -0.830. The fourth-order valence-electron chi connectivity index (χ4n) is 1.73. The summed E-state index contributed by atoms with van der Waals surface area (Å²) in [6, 6.07) is 7.51. The minimum absolute atomic E-state index is 0.442. The van der Waals surface area contributed by atoms with Gasteiger partial charge in [-0.2, -0.15) is 0 Å². The van der Waals surface area contributed by atoms with Crippen molar-refractivity contribution in [2.45, 2.75) is 38.9 Å². The average Bonchev–Trinajstić information content (AvgIpc) is 2.59. The van der Waals surface area contributed by atoms with E-state index in [4.69, 9.17) is 18.1 Å². The van der Waals surface area contributed by atoms with Gasteiger partial charge in [0.25, 0.3) is 0 Å². The summed E-state index contributed by atoms with van der Waals surface area (Å²) in [5.74, 6) is 1.38. The second-order valence-corrected chi connectivity index (χ2v) is 6.90. The molecule has 1 aromatic rings. The normalized spacial score (nSPS) is 26.4. The van der Waals surface area contributed by atoms with E-state index in [-0.39, 0.29) is 0 Å². The molecule has 1 saturated heterocycles. The Bertz CT molecular complexity index is 426. The van der Waals surface area contributed by atoms with Gasteiger partial charge < -0.3 is 0 Å². The third-order valence-corrected chi connectivity index (χ3v) is 5.60. The molecule has 0 saturated carbocycles. The van der Waals surface area contributed by atoms with Crippen molar-refractivity contribution in [1.82, 2.24) is 0 Å². The van der Waals surface area contributed by atoms with Crippen LogP contribution in [0.4, 0.5) is 0 Å². The summed E-state index contributed by atoms with van der Waals surface area (Å²) >= 11 is 0. The Morgan fingerprint density at radius 1 is 0.824 bits per heavy atom. The lowest BCUT2D eigenvalue weighted by Crippen LogP contribution is -2.41. The van der Waals surface area contributed by atoms with E-state index in [1.54, 1.807) is 0 Å². The molecule has 0 amide bonds. The van der Waals surface area contributed by atoms with Crippen LogP contribution in [0.5, 0.6) is 11.5 Å². The van der Waals surface area contributed by atoms with Gasteiger partial charge in [-0.25, -0.2) is 9.05 Å². The highest BCUT2D eigenvalue weighted by Crippen LogP contribution is 2.76. The highest BCUT2D eigenvalue weighted by atomic mass is 31.2. The van der Waals surface area contributed by atoms with Crippen molar-refractivity contribution < 1.29 is 18.1 Å². The fraction of sp³-hybridized carbons (Fsp3) is 0.500. The predicted molar refractivity (Wildman–Crippen MR) is 64.9 cm³/mol. The van der Waals surface area contributed by atoms with Gasteiger partial charge in [-0.1, -0.05) is 12.1 Å². The van der Waals surface area contributed by atoms with Crippen molar-refractivity contribution in [3.63, 3.8) is 0 Å². The van der Waals surface area contributed by atoms with Crippen LogP contribution in [0.15, 0.2) is 24.3 Å². The highest BCUT2D eigenvalue weighted by molar-refractivity contribution is 7.58. The van der Waals surface area contributed by atoms with Gasteiger partial charge in [0.2, 0.25) is 11.5 Å². The third-order valence-electron chi connectivity index (χ3n) is 3.40. The van der Waals surface area contributed by atoms with E-state index in [1.807, 2.05) is 52.0 Å². The first-order valence-electron chi connectivity index (χ1n) is 5.62. The molecule has 0 bridgehead atoms. The topological polar surface area (TPSA) is 36.9 Å². The summed E-state index contributed by atoms with van der Waals surface area (Å²) in [4.78, 5) is 0. The van der Waals surface area contributed by atoms with Gasteiger partial charge in [-0.3, -0.25) is 0 Å². The Morgan fingerprint density at radius 2 is 1.24 bits per heavy atom. The lowest BCUT2D eigenvalue weighted by Gasteiger charge is -2.23. The van der Waals surface area contributed by atoms with Crippen LogP contribution in [0.1, 0.15) is 27.7 Å². The monoisotopic (exact) mass is 255 g/mol. The van der Waals surface area contributed by atoms with E-state index in [2.05, 4.69) is 0 Å². The lowest BCUT2D eigenvalue weighted by atomic mass is 9.90. The maximum Gasteiger partial charge on any atom is 0.670 e. The largest absolute Gasteiger partial charge is 0.670 e. The predicted octanol–water partition coefficient (Wildman–Crippen LogP) is 3.74. The molecule has 2 aliphatic heterocycles. The molecule has 2 aliphatic rings. The number of rotatable bonds is 0. The van der Waals surface area contributed by atoms with Crippen molar-refractivity contribution in [3.8, 4) is 11.5 Å². The summed E-state index contributed by atoms with van der Waals surface area (Å²) < 4.78 is 23.4. The molecule has 4 nitrogen and oxygen atoms in total. The fourth-order valence-corrected chi connectivity index (χ4v) is 4.30. The lowest BCUT2D eigenvalue weighted by molar-refractivity contribution is 0.00578. The maximum absolute atomic E-state index is 5.94. The van der Waals surface area contributed by atoms with Gasteiger partial charge >= 0.3 is 8.17 Å². The van der Waals surface area contributed by atoms with E-state index in [0.717, 1.165) is 0 Å². The molecule has 92 valence electrons. The zero-order valence-corrected chi connectivity index (χ0v) is 11.3. The van der Waals surface area contributed by atoms with E-state index >= 15 is 0 Å². The summed E-state index contributed by atoms with van der Waals surface area (Å²) in [7, 11) is -2.72. The third kappa shape index (κ3) is 1.55. The molecule has 0 radical (unpaired) electrons. The zero-order valence-electron chi connectivity index (χ0n) is 10.4. The van der Waals surface area contributed by atoms with Gasteiger partial charge in [0.05, 0.1) is 0 Å². The van der Waals surface area contributed by atoms with Gasteiger partial charge in [-0.15, -0.1) is 9.05 Å². The summed E-state index contributed by atoms with van der Waals surface area (Å²) in [6.45, 7) is 7.93. The van der Waals surface area contributed by atoms with Crippen LogP contribution in [0.3, 0.4) is 0 Å². The molecule has 17 heavy (non-hydrogen) atoms. The molecule has 1 spiro atoms. The molecule has 1 fully saturated rings. The average molecular weight is 255 g/mol. The molecule has 5 heteroatoms. The molecular formula is C12H16O4P+. The van der Waals surface area contributed by atoms with Crippen molar-refractivity contribution in [3.05, 3.63) is 24.3 Å². The first-order valence-corrected chi connectivity index (χ1v) is 7.08. The quantitative estimate of drug-likeness (QED) is 0.662. The van der Waals surface area contributed by atoms with Crippen LogP contribution in [0.2, 0.25) is 0 Å². The number of hydrogen-bond donors (Lipinski definition) is 0. The summed E-state index contributed by atoms with van der Waals surface area (Å²) in [6.07, 6.45) is 0. The first-order chi connectivity index (χ1) is 7.84. The Kier molecular flexibility index (Phi) is 2.08. The molecular weight excluding hydrogens is 239 g/mol. The van der Waals surface area contributed by atoms with Crippen LogP contribution >= 0.6 is 8.17 Å². The minimum atomic E-state index is -2.72. The van der Waals surface area contributed by atoms with E-state index in [9.17, 15) is 0 Å². The van der Waals surface area contributed by atoms with Crippen LogP contribution in [0.25, 0.3) is 0 Å². The van der Waals surface area contributed by atoms with Crippen molar-refractivity contribution in [1.29, 1.82) is 0 Å². The summed E-state index contributed by atoms with van der Waals surface area (Å²) in [5.41, 5.74) is -0.883. The molecule has 2 heterocycles. The van der Waals surface area contributed by atoms with Crippen LogP contribution in [-0.2, 0) is 9.05 Å². The molecule has 0 aromatic heterocycles. The van der Waals surface area contributed by atoms with Crippen molar-refractivity contribution >= 4 is 8.17 Å². The van der Waals surface area contributed by atoms with Crippen LogP contribution in [0, 0.1) is 0 Å². The Labute approximate surface area is 101 Å². The van der Waals surface area contributed by atoms with Gasteiger partial charge in [0, 0.05) is 0 Å². The van der Waals surface area contributed by atoms with Crippen molar-refractivity contribution in [2.24, 2.45) is 0 Å². The number of fused-ring (bicyclic) bond motifs is 1. The zero-order chi connectivity index (χ0) is 12.3. The first kappa shape index (κ1) is 11.3. The molecule has 0 unspecified atom stereocenters. The smallest absolute Gasteiger partial charge is 0.250 e. The standard InChI is InChI=1S/C12H16O4P/c1-11(2)12(3,4)16-17(15-11)13-9-7-5-6-8-10(9)14-17/h5-8H,1-4H3/q+1. The number of benzene rings is 1. The molecule has 1 aromatic carbocycles. The maximum atomic E-state index is 5.94. The molecule has 0 aliphatic carbocycles. The SMILES string of the molecule is CC1(C)O[P+]2(Oc3ccccc3O2)OC1(C)C. The number of para-hydroxylation sites is 2. The van der Waals surface area contributed by atoms with Crippen LogP contribution in [-0.4, -0.2) is 11.2 Å². The Morgan fingerprint density at radius 3 is 1.65 bits per heavy atom. The van der Waals surface area contributed by atoms with E-state index in [0.29, 0.717) is 11.5 Å². The summed E-state index contributed by atoms with van der Waals surface area (Å²) in [5, 5.41) is 0. The Balaban J connectivity index is 1.95. The van der Waals surface area contributed by atoms with Gasteiger partial charge in [0.1, 0.15) is 0 Å². The van der Waals surface area contributed by atoms with Gasteiger partial charge in [-0.05, 0) is 39.8 Å².